The second kappa shape index (κ2) is 8.41. The number of nitrogens with one attached hydrogen (secondary N) is 1. The molecule has 0 aliphatic carbocycles. The monoisotopic (exact) mass is 383 g/mol. The van der Waals surface area contributed by atoms with Gasteiger partial charge in [0.25, 0.3) is 0 Å². The molecule has 0 unspecified atom stereocenters. The van der Waals surface area contributed by atoms with Gasteiger partial charge < -0.3 is 9.84 Å². The van der Waals surface area contributed by atoms with E-state index in [2.05, 4.69) is 10.5 Å². The summed E-state index contributed by atoms with van der Waals surface area (Å²) >= 11 is 0. The van der Waals surface area contributed by atoms with E-state index in [0.29, 0.717) is 12.2 Å². The van der Waals surface area contributed by atoms with Crippen LogP contribution in [0, 0.1) is 18.7 Å². The molecular weight excluding hydrogens is 361 g/mol. The molecular formula is C17H22FN3O4S. The molecule has 142 valence electrons. The van der Waals surface area contributed by atoms with Crippen LogP contribution < -0.4 is 5.32 Å². The predicted molar refractivity (Wildman–Crippen MR) is 94.5 cm³/mol. The molecule has 1 aromatic heterocycles. The number of anilines is 1. The van der Waals surface area contributed by atoms with Gasteiger partial charge in [0.1, 0.15) is 16.5 Å². The minimum absolute atomic E-state index is 0.0968. The fourth-order valence-electron chi connectivity index (χ4n) is 2.25. The summed E-state index contributed by atoms with van der Waals surface area (Å²) in [5, 5.41) is 6.11. The number of carbonyl (C=O) groups excluding carboxylic acids is 1. The highest BCUT2D eigenvalue weighted by molar-refractivity contribution is 7.89. The van der Waals surface area contributed by atoms with E-state index in [4.69, 9.17) is 4.52 Å². The third kappa shape index (κ3) is 5.12. The second-order valence-corrected chi connectivity index (χ2v) is 8.23. The molecule has 1 amide bonds. The summed E-state index contributed by atoms with van der Waals surface area (Å²) in [5.74, 6) is -0.512. The Bertz CT molecular complexity index is 864. The number of aromatic nitrogens is 1. The molecule has 0 aliphatic rings. The number of sulfonamides is 1. The van der Waals surface area contributed by atoms with Crippen molar-refractivity contribution in [2.24, 2.45) is 5.92 Å². The highest BCUT2D eigenvalue weighted by Crippen LogP contribution is 2.20. The Morgan fingerprint density at radius 2 is 2.04 bits per heavy atom. The normalized spacial score (nSPS) is 11.9. The molecule has 0 aliphatic heterocycles. The van der Waals surface area contributed by atoms with Crippen LogP contribution in [0.25, 0.3) is 0 Å². The maximum Gasteiger partial charge on any atom is 0.246 e. The fraction of sp³-hybridized carbons (Fsp3) is 0.412. The number of hydrogen-bond donors (Lipinski definition) is 1. The highest BCUT2D eigenvalue weighted by atomic mass is 32.2. The molecule has 0 spiro atoms. The van der Waals surface area contributed by atoms with Gasteiger partial charge in [-0.15, -0.1) is 0 Å². The highest BCUT2D eigenvalue weighted by Gasteiger charge is 2.29. The molecule has 2 rings (SSSR count). The maximum atomic E-state index is 14.0. The van der Waals surface area contributed by atoms with Gasteiger partial charge in [-0.1, -0.05) is 31.1 Å². The minimum Gasteiger partial charge on any atom is -0.360 e. The Morgan fingerprint density at radius 1 is 1.35 bits per heavy atom. The average Bonchev–Trinajstić information content (AvgIpc) is 2.96. The Labute approximate surface area is 152 Å². The van der Waals surface area contributed by atoms with Gasteiger partial charge in [0.2, 0.25) is 15.9 Å². The van der Waals surface area contributed by atoms with Gasteiger partial charge in [0.15, 0.2) is 5.82 Å². The van der Waals surface area contributed by atoms with Gasteiger partial charge in [-0.05, 0) is 31.4 Å². The molecule has 0 atom stereocenters. The van der Waals surface area contributed by atoms with Crippen LogP contribution in [0.3, 0.4) is 0 Å². The first-order chi connectivity index (χ1) is 12.2. The van der Waals surface area contributed by atoms with Crippen molar-refractivity contribution in [3.05, 3.63) is 41.9 Å². The van der Waals surface area contributed by atoms with Crippen molar-refractivity contribution in [3.63, 3.8) is 0 Å². The van der Waals surface area contributed by atoms with Crippen LogP contribution in [0.5, 0.6) is 0 Å². The number of amides is 1. The van der Waals surface area contributed by atoms with Gasteiger partial charge in [0.05, 0.1) is 6.54 Å². The summed E-state index contributed by atoms with van der Waals surface area (Å²) in [7, 11) is -4.16. The van der Waals surface area contributed by atoms with Crippen LogP contribution >= 0.6 is 0 Å². The number of rotatable bonds is 8. The van der Waals surface area contributed by atoms with Crippen molar-refractivity contribution in [2.45, 2.75) is 32.1 Å². The maximum absolute atomic E-state index is 14.0. The average molecular weight is 383 g/mol. The van der Waals surface area contributed by atoms with E-state index < -0.39 is 33.2 Å². The van der Waals surface area contributed by atoms with E-state index in [9.17, 15) is 17.6 Å². The lowest BCUT2D eigenvalue weighted by atomic mass is 10.1. The first kappa shape index (κ1) is 20.1. The Hall–Kier alpha value is -2.26. The first-order valence-corrected chi connectivity index (χ1v) is 9.62. The van der Waals surface area contributed by atoms with Gasteiger partial charge in [0, 0.05) is 12.6 Å². The van der Waals surface area contributed by atoms with Crippen LogP contribution in [0.15, 0.2) is 39.8 Å². The number of nitrogens with zero attached hydrogens (tertiary/aromatic N) is 2. The molecule has 1 heterocycles. The zero-order valence-electron chi connectivity index (χ0n) is 14.9. The largest absolute Gasteiger partial charge is 0.360 e. The van der Waals surface area contributed by atoms with Crippen LogP contribution in [0.2, 0.25) is 0 Å². The van der Waals surface area contributed by atoms with Gasteiger partial charge in [-0.2, -0.15) is 4.31 Å². The van der Waals surface area contributed by atoms with Crippen LogP contribution in [-0.4, -0.2) is 36.9 Å². The molecule has 0 saturated heterocycles. The Balaban J connectivity index is 2.22. The van der Waals surface area contributed by atoms with Crippen molar-refractivity contribution < 1.29 is 22.1 Å². The zero-order valence-corrected chi connectivity index (χ0v) is 15.7. The number of benzene rings is 1. The summed E-state index contributed by atoms with van der Waals surface area (Å²) in [5.41, 5.74) is 0. The van der Waals surface area contributed by atoms with Crippen molar-refractivity contribution in [2.75, 3.05) is 18.4 Å². The quantitative estimate of drug-likeness (QED) is 0.757. The standard InChI is InChI=1S/C17H22FN3O4S/c1-12(2)8-9-21(11-17(22)19-16-10-13(3)25-20-16)26(23,24)15-7-5-4-6-14(15)18/h4-7,10,12H,8-9,11H2,1-3H3,(H,19,20,22). The second-order valence-electron chi connectivity index (χ2n) is 6.32. The van der Waals surface area contributed by atoms with Crippen LogP contribution in [0.1, 0.15) is 26.0 Å². The third-order valence-corrected chi connectivity index (χ3v) is 5.50. The molecule has 0 fully saturated rings. The van der Waals surface area contributed by atoms with E-state index in [0.717, 1.165) is 10.4 Å². The van der Waals surface area contributed by atoms with E-state index in [1.807, 2.05) is 13.8 Å². The van der Waals surface area contributed by atoms with Crippen molar-refractivity contribution in [1.29, 1.82) is 0 Å². The topological polar surface area (TPSA) is 92.5 Å². The number of carbonyl (C=O) groups is 1. The van der Waals surface area contributed by atoms with Crippen molar-refractivity contribution >= 4 is 21.7 Å². The molecule has 0 radical (unpaired) electrons. The predicted octanol–water partition coefficient (Wildman–Crippen LogP) is 2.80. The van der Waals surface area contributed by atoms with Gasteiger partial charge in [-0.25, -0.2) is 12.8 Å². The summed E-state index contributed by atoms with van der Waals surface area (Å²) in [4.78, 5) is 11.8. The van der Waals surface area contributed by atoms with E-state index in [-0.39, 0.29) is 18.3 Å². The molecule has 26 heavy (non-hydrogen) atoms. The molecule has 1 N–H and O–H groups in total. The zero-order chi connectivity index (χ0) is 19.3. The summed E-state index contributed by atoms with van der Waals surface area (Å²) < 4.78 is 45.5. The molecule has 7 nitrogen and oxygen atoms in total. The molecule has 2 aromatic rings. The molecule has 0 bridgehead atoms. The van der Waals surface area contributed by atoms with Gasteiger partial charge in [-0.3, -0.25) is 4.79 Å². The Kier molecular flexibility index (Phi) is 6.49. The number of aryl methyl sites for hydroxylation is 1. The fourth-order valence-corrected chi connectivity index (χ4v) is 3.72. The summed E-state index contributed by atoms with van der Waals surface area (Å²) in [6, 6.07) is 6.63. The van der Waals surface area contributed by atoms with Crippen LogP contribution in [-0.2, 0) is 14.8 Å². The lowest BCUT2D eigenvalue weighted by Crippen LogP contribution is -2.39. The van der Waals surface area contributed by atoms with E-state index >= 15 is 0 Å². The van der Waals surface area contributed by atoms with Crippen LogP contribution in [0.4, 0.5) is 10.2 Å². The molecule has 1 aromatic carbocycles. The molecule has 0 saturated carbocycles. The summed E-state index contributed by atoms with van der Waals surface area (Å²) in [6.45, 7) is 5.19. The Morgan fingerprint density at radius 3 is 2.62 bits per heavy atom. The minimum atomic E-state index is -4.16. The SMILES string of the molecule is Cc1cc(NC(=O)CN(CCC(C)C)S(=O)(=O)c2ccccc2F)no1. The lowest BCUT2D eigenvalue weighted by Gasteiger charge is -2.22. The lowest BCUT2D eigenvalue weighted by molar-refractivity contribution is -0.116. The number of halogens is 1. The van der Waals surface area contributed by atoms with E-state index in [1.165, 1.54) is 24.3 Å². The molecule has 9 heteroatoms. The van der Waals surface area contributed by atoms with Crippen molar-refractivity contribution in [3.8, 4) is 0 Å². The smallest absolute Gasteiger partial charge is 0.246 e. The van der Waals surface area contributed by atoms with E-state index in [1.54, 1.807) is 6.92 Å². The first-order valence-electron chi connectivity index (χ1n) is 8.18. The van der Waals surface area contributed by atoms with Gasteiger partial charge >= 0.3 is 0 Å². The van der Waals surface area contributed by atoms with Crippen molar-refractivity contribution in [1.82, 2.24) is 9.46 Å². The number of hydrogen-bond acceptors (Lipinski definition) is 5. The third-order valence-electron chi connectivity index (χ3n) is 3.63. The summed E-state index contributed by atoms with van der Waals surface area (Å²) in [6.07, 6.45) is 0.532.